The van der Waals surface area contributed by atoms with Gasteiger partial charge in [0.2, 0.25) is 12.6 Å². The second kappa shape index (κ2) is 9.49. The first-order valence-electron chi connectivity index (χ1n) is 10.7. The van der Waals surface area contributed by atoms with Gasteiger partial charge in [0, 0.05) is 12.0 Å². The molecule has 2 aliphatic heterocycles. The lowest BCUT2D eigenvalue weighted by Gasteiger charge is -2.35. The van der Waals surface area contributed by atoms with Crippen molar-refractivity contribution in [3.8, 4) is 11.5 Å². The van der Waals surface area contributed by atoms with Gasteiger partial charge in [-0.1, -0.05) is 26.8 Å². The van der Waals surface area contributed by atoms with Crippen LogP contribution in [0.1, 0.15) is 58.4 Å². The third-order valence-electron chi connectivity index (χ3n) is 6.02. The van der Waals surface area contributed by atoms with Crippen molar-refractivity contribution >= 4 is 17.7 Å². The lowest BCUT2D eigenvalue weighted by molar-refractivity contribution is -0.161. The minimum atomic E-state index is -0.729. The number of piperidine rings is 1. The zero-order valence-corrected chi connectivity index (χ0v) is 18.1. The Bertz CT molecular complexity index is 803. The fraction of sp³-hybridized carbons (Fsp3) is 0.609. The van der Waals surface area contributed by atoms with Crippen LogP contribution in [0.2, 0.25) is 0 Å². The van der Waals surface area contributed by atoms with Gasteiger partial charge in [-0.2, -0.15) is 0 Å². The van der Waals surface area contributed by atoms with Crippen LogP contribution in [-0.4, -0.2) is 48.5 Å². The van der Waals surface area contributed by atoms with E-state index in [1.807, 2.05) is 25.1 Å². The maximum atomic E-state index is 12.8. The number of rotatable bonds is 8. The van der Waals surface area contributed by atoms with E-state index in [1.54, 1.807) is 13.8 Å². The third-order valence-corrected chi connectivity index (χ3v) is 6.02. The van der Waals surface area contributed by atoms with Crippen LogP contribution in [0.3, 0.4) is 0 Å². The number of benzene rings is 1. The molecule has 1 unspecified atom stereocenters. The quantitative estimate of drug-likeness (QED) is 0.367. The van der Waals surface area contributed by atoms with Gasteiger partial charge in [-0.25, -0.2) is 4.79 Å². The third kappa shape index (κ3) is 4.94. The number of carbonyl (C=O) groups is 3. The molecule has 2 aliphatic rings. The zero-order valence-electron chi connectivity index (χ0n) is 18.1. The predicted octanol–water partition coefficient (Wildman–Crippen LogP) is 3.28. The number of hydrogen-bond acceptors (Lipinski definition) is 6. The summed E-state index contributed by atoms with van der Waals surface area (Å²) in [6.07, 6.45) is 4.13. The molecule has 1 amide bonds. The van der Waals surface area contributed by atoms with Crippen molar-refractivity contribution in [1.29, 1.82) is 0 Å². The van der Waals surface area contributed by atoms with Crippen LogP contribution in [0.4, 0.5) is 0 Å². The minimum Gasteiger partial charge on any atom is -0.464 e. The van der Waals surface area contributed by atoms with Crippen LogP contribution < -0.4 is 9.47 Å². The molecule has 0 aromatic heterocycles. The standard InChI is InChI=1S/C23H31NO6/c1-4-23(2,3)20(25)21(26)24-12-6-5-9-17(24)22(27)28-13-7-8-16-10-11-18-19(14-16)30-15-29-18/h10-11,14,17H,4-9,12-13,15H2,1-3H3. The van der Waals surface area contributed by atoms with Crippen molar-refractivity contribution in [2.45, 2.75) is 65.3 Å². The maximum Gasteiger partial charge on any atom is 0.328 e. The second-order valence-corrected chi connectivity index (χ2v) is 8.54. The molecule has 7 heteroatoms. The smallest absolute Gasteiger partial charge is 0.328 e. The highest BCUT2D eigenvalue weighted by atomic mass is 16.7. The van der Waals surface area contributed by atoms with Crippen molar-refractivity contribution in [2.75, 3.05) is 19.9 Å². The normalized spacial score (nSPS) is 18.2. The summed E-state index contributed by atoms with van der Waals surface area (Å²) in [7, 11) is 0. The van der Waals surface area contributed by atoms with Crippen molar-refractivity contribution in [1.82, 2.24) is 4.90 Å². The minimum absolute atomic E-state index is 0.241. The molecule has 164 valence electrons. The number of nitrogens with zero attached hydrogens (tertiary/aromatic N) is 1. The highest BCUT2D eigenvalue weighted by Crippen LogP contribution is 2.32. The van der Waals surface area contributed by atoms with E-state index < -0.39 is 29.1 Å². The van der Waals surface area contributed by atoms with Gasteiger partial charge in [0.15, 0.2) is 11.5 Å². The highest BCUT2D eigenvalue weighted by Gasteiger charge is 2.40. The molecule has 2 heterocycles. The molecule has 1 fully saturated rings. The summed E-state index contributed by atoms with van der Waals surface area (Å²) in [4.78, 5) is 39.4. The van der Waals surface area contributed by atoms with Crippen molar-refractivity contribution in [3.63, 3.8) is 0 Å². The number of aryl methyl sites for hydroxylation is 1. The van der Waals surface area contributed by atoms with E-state index in [-0.39, 0.29) is 13.4 Å². The molecule has 1 aromatic carbocycles. The van der Waals surface area contributed by atoms with Crippen LogP contribution in [0.5, 0.6) is 11.5 Å². The summed E-state index contributed by atoms with van der Waals surface area (Å²) in [5.74, 6) is 0.0563. The Balaban J connectivity index is 1.51. The molecular weight excluding hydrogens is 386 g/mol. The molecule has 0 bridgehead atoms. The maximum absolute atomic E-state index is 12.8. The summed E-state index contributed by atoms with van der Waals surface area (Å²) >= 11 is 0. The van der Waals surface area contributed by atoms with Crippen molar-refractivity contribution < 1.29 is 28.6 Å². The average molecular weight is 418 g/mol. The van der Waals surface area contributed by atoms with Crippen molar-refractivity contribution in [3.05, 3.63) is 23.8 Å². The molecule has 0 N–H and O–H groups in total. The van der Waals surface area contributed by atoms with Crippen LogP contribution in [0.15, 0.2) is 18.2 Å². The number of ketones is 1. The SMILES string of the molecule is CCC(C)(C)C(=O)C(=O)N1CCCCC1C(=O)OCCCc1ccc2c(c1)OCO2. The number of amides is 1. The van der Waals surface area contributed by atoms with Crippen LogP contribution in [0, 0.1) is 5.41 Å². The van der Waals surface area contributed by atoms with Gasteiger partial charge in [0.25, 0.3) is 5.91 Å². The fourth-order valence-electron chi connectivity index (χ4n) is 3.64. The van der Waals surface area contributed by atoms with Gasteiger partial charge in [-0.3, -0.25) is 9.59 Å². The number of likely N-dealkylation sites (tertiary alicyclic amines) is 1. The molecule has 1 saturated heterocycles. The van der Waals surface area contributed by atoms with Crippen LogP contribution >= 0.6 is 0 Å². The largest absolute Gasteiger partial charge is 0.464 e. The summed E-state index contributed by atoms with van der Waals surface area (Å²) < 4.78 is 16.1. The fourth-order valence-corrected chi connectivity index (χ4v) is 3.64. The number of ether oxygens (including phenoxy) is 3. The number of esters is 1. The van der Waals surface area contributed by atoms with E-state index in [9.17, 15) is 14.4 Å². The molecule has 7 nitrogen and oxygen atoms in total. The molecule has 0 radical (unpaired) electrons. The molecule has 30 heavy (non-hydrogen) atoms. The first-order chi connectivity index (χ1) is 14.3. The number of fused-ring (bicyclic) bond motifs is 1. The molecular formula is C23H31NO6. The van der Waals surface area contributed by atoms with E-state index in [1.165, 1.54) is 4.90 Å². The average Bonchev–Trinajstić information content (AvgIpc) is 3.23. The Labute approximate surface area is 177 Å². The monoisotopic (exact) mass is 417 g/mol. The highest BCUT2D eigenvalue weighted by molar-refractivity contribution is 6.38. The predicted molar refractivity (Wildman–Crippen MR) is 110 cm³/mol. The van der Waals surface area contributed by atoms with Gasteiger partial charge in [-0.05, 0) is 56.2 Å². The molecule has 3 rings (SSSR count). The summed E-state index contributed by atoms with van der Waals surface area (Å²) in [5.41, 5.74) is 0.352. The summed E-state index contributed by atoms with van der Waals surface area (Å²) in [6, 6.07) is 5.11. The van der Waals surface area contributed by atoms with Gasteiger partial charge >= 0.3 is 5.97 Å². The van der Waals surface area contributed by atoms with E-state index in [2.05, 4.69) is 0 Å². The van der Waals surface area contributed by atoms with Crippen LogP contribution in [-0.2, 0) is 25.5 Å². The van der Waals surface area contributed by atoms with E-state index in [4.69, 9.17) is 14.2 Å². The first kappa shape index (κ1) is 22.1. The van der Waals surface area contributed by atoms with Crippen LogP contribution in [0.25, 0.3) is 0 Å². The Morgan fingerprint density at radius 3 is 2.70 bits per heavy atom. The lowest BCUT2D eigenvalue weighted by Crippen LogP contribution is -2.53. The lowest BCUT2D eigenvalue weighted by atomic mass is 9.84. The Morgan fingerprint density at radius 2 is 1.93 bits per heavy atom. The molecule has 1 atom stereocenters. The number of Topliss-reactive ketones (excluding diaryl/α,β-unsaturated/α-hetero) is 1. The van der Waals surface area contributed by atoms with Gasteiger partial charge in [0.05, 0.1) is 6.61 Å². The summed E-state index contributed by atoms with van der Waals surface area (Å²) in [6.45, 7) is 6.33. The Kier molecular flexibility index (Phi) is 7.00. The van der Waals surface area contributed by atoms with E-state index in [0.717, 1.165) is 36.3 Å². The molecule has 0 aliphatic carbocycles. The van der Waals surface area contributed by atoms with Crippen molar-refractivity contribution in [2.24, 2.45) is 5.41 Å². The second-order valence-electron chi connectivity index (χ2n) is 8.54. The van der Waals surface area contributed by atoms with E-state index >= 15 is 0 Å². The van der Waals surface area contributed by atoms with Gasteiger partial charge in [0.1, 0.15) is 6.04 Å². The molecule has 1 aromatic rings. The molecule has 0 spiro atoms. The van der Waals surface area contributed by atoms with Gasteiger partial charge in [-0.15, -0.1) is 0 Å². The molecule has 0 saturated carbocycles. The number of carbonyl (C=O) groups excluding carboxylic acids is 3. The van der Waals surface area contributed by atoms with Gasteiger partial charge < -0.3 is 19.1 Å². The Morgan fingerprint density at radius 1 is 1.17 bits per heavy atom. The first-order valence-corrected chi connectivity index (χ1v) is 10.7. The number of hydrogen-bond donors (Lipinski definition) is 0. The van der Waals surface area contributed by atoms with E-state index in [0.29, 0.717) is 25.8 Å². The zero-order chi connectivity index (χ0) is 21.7. The summed E-state index contributed by atoms with van der Waals surface area (Å²) in [5, 5.41) is 0. The Hall–Kier alpha value is -2.57. The topological polar surface area (TPSA) is 82.1 Å².